The summed E-state index contributed by atoms with van der Waals surface area (Å²) in [6.07, 6.45) is 3.67. The molecule has 1 aromatic carbocycles. The molecule has 0 saturated heterocycles. The van der Waals surface area contributed by atoms with Gasteiger partial charge in [-0.3, -0.25) is 0 Å². The van der Waals surface area contributed by atoms with E-state index in [1.165, 1.54) is 0 Å². The molecule has 0 heterocycles. The van der Waals surface area contributed by atoms with Gasteiger partial charge in [-0.15, -0.1) is 0 Å². The Labute approximate surface area is 138 Å². The number of nitrogens with one attached hydrogen (secondary N) is 1. The highest BCUT2D eigenvalue weighted by molar-refractivity contribution is 9.10. The highest BCUT2D eigenvalue weighted by atomic mass is 79.9. The fourth-order valence-corrected chi connectivity index (χ4v) is 3.84. The lowest BCUT2D eigenvalue weighted by atomic mass is 10.1. The highest BCUT2D eigenvalue weighted by Gasteiger charge is 2.25. The smallest absolute Gasteiger partial charge is 0.243 e. The second-order valence-corrected chi connectivity index (χ2v) is 7.80. The van der Waals surface area contributed by atoms with Crippen LogP contribution in [0.25, 0.3) is 0 Å². The summed E-state index contributed by atoms with van der Waals surface area (Å²) in [5.74, 6) is -1.00. The standard InChI is InChI=1S/C13H19BrClFN2O2S/c1-3-4-5-6-8(2)18-21(19,20)10-7-9(15)11(14)13(17)12(10)16/h7-8,18H,3-6,17H2,1-2H3. The summed E-state index contributed by atoms with van der Waals surface area (Å²) in [5, 5.41) is 0.0490. The molecule has 3 N–H and O–H groups in total. The van der Waals surface area contributed by atoms with Crippen molar-refractivity contribution in [3.8, 4) is 0 Å². The number of benzene rings is 1. The van der Waals surface area contributed by atoms with Crippen molar-refractivity contribution in [3.05, 3.63) is 21.4 Å². The number of nitrogens with two attached hydrogens (primary N) is 1. The molecular formula is C13H19BrClFN2O2S. The first kappa shape index (κ1) is 18.7. The van der Waals surface area contributed by atoms with Crippen molar-refractivity contribution >= 4 is 43.2 Å². The van der Waals surface area contributed by atoms with Crippen molar-refractivity contribution in [3.63, 3.8) is 0 Å². The number of hydrogen-bond acceptors (Lipinski definition) is 3. The molecule has 0 fully saturated rings. The van der Waals surface area contributed by atoms with Gasteiger partial charge in [-0.25, -0.2) is 17.5 Å². The molecular weight excluding hydrogens is 383 g/mol. The van der Waals surface area contributed by atoms with Crippen molar-refractivity contribution < 1.29 is 12.8 Å². The molecule has 1 atom stereocenters. The first-order chi connectivity index (χ1) is 9.70. The Morgan fingerprint density at radius 2 is 2.10 bits per heavy atom. The third kappa shape index (κ3) is 4.81. The van der Waals surface area contributed by atoms with Gasteiger partial charge < -0.3 is 5.73 Å². The molecule has 1 aromatic rings. The Bertz CT molecular complexity index is 611. The quantitative estimate of drug-likeness (QED) is 0.411. The molecule has 120 valence electrons. The van der Waals surface area contributed by atoms with Gasteiger partial charge in [-0.2, -0.15) is 0 Å². The van der Waals surface area contributed by atoms with E-state index in [0.29, 0.717) is 6.42 Å². The van der Waals surface area contributed by atoms with Crippen molar-refractivity contribution in [2.75, 3.05) is 5.73 Å². The summed E-state index contributed by atoms with van der Waals surface area (Å²) in [4.78, 5) is -0.532. The Kier molecular flexibility index (Phi) is 6.90. The normalized spacial score (nSPS) is 13.4. The molecule has 1 rings (SSSR count). The molecule has 0 bridgehead atoms. The largest absolute Gasteiger partial charge is 0.395 e. The van der Waals surface area contributed by atoms with Crippen LogP contribution in [0.2, 0.25) is 5.02 Å². The Balaban J connectivity index is 2.99. The number of anilines is 1. The maximum Gasteiger partial charge on any atom is 0.243 e. The third-order valence-corrected chi connectivity index (χ3v) is 6.01. The molecule has 0 radical (unpaired) electrons. The van der Waals surface area contributed by atoms with E-state index in [0.717, 1.165) is 25.3 Å². The Morgan fingerprint density at radius 3 is 2.67 bits per heavy atom. The van der Waals surface area contributed by atoms with Crippen molar-refractivity contribution in [2.24, 2.45) is 0 Å². The topological polar surface area (TPSA) is 72.2 Å². The molecule has 0 aliphatic rings. The lowest BCUT2D eigenvalue weighted by molar-refractivity contribution is 0.519. The van der Waals surface area contributed by atoms with Gasteiger partial charge in [0.15, 0.2) is 5.82 Å². The molecule has 0 aliphatic heterocycles. The average molecular weight is 402 g/mol. The molecule has 8 heteroatoms. The molecule has 0 aromatic heterocycles. The predicted octanol–water partition coefficient (Wildman–Crippen LogP) is 4.07. The van der Waals surface area contributed by atoms with Crippen LogP contribution >= 0.6 is 27.5 Å². The number of hydrogen-bond donors (Lipinski definition) is 2. The first-order valence-electron chi connectivity index (χ1n) is 6.66. The fraction of sp³-hybridized carbons (Fsp3) is 0.538. The van der Waals surface area contributed by atoms with E-state index in [4.69, 9.17) is 17.3 Å². The van der Waals surface area contributed by atoms with Gasteiger partial charge in [0, 0.05) is 6.04 Å². The highest BCUT2D eigenvalue weighted by Crippen LogP contribution is 2.34. The minimum absolute atomic E-state index is 0.0490. The van der Waals surface area contributed by atoms with Gasteiger partial charge >= 0.3 is 0 Å². The van der Waals surface area contributed by atoms with Crippen LogP contribution in [0.5, 0.6) is 0 Å². The second kappa shape index (κ2) is 7.76. The van der Waals surface area contributed by atoms with Crippen molar-refractivity contribution in [1.29, 1.82) is 0 Å². The van der Waals surface area contributed by atoms with E-state index in [9.17, 15) is 12.8 Å². The molecule has 1 unspecified atom stereocenters. The van der Waals surface area contributed by atoms with E-state index in [-0.39, 0.29) is 21.2 Å². The van der Waals surface area contributed by atoms with Gasteiger partial charge in [-0.05, 0) is 35.3 Å². The van der Waals surface area contributed by atoms with E-state index in [2.05, 4.69) is 27.6 Å². The van der Waals surface area contributed by atoms with Gasteiger partial charge in [-0.1, -0.05) is 37.8 Å². The summed E-state index contributed by atoms with van der Waals surface area (Å²) in [6.45, 7) is 3.81. The first-order valence-corrected chi connectivity index (χ1v) is 9.31. The molecule has 0 saturated carbocycles. The SMILES string of the molecule is CCCCCC(C)NS(=O)(=O)c1cc(Cl)c(Br)c(N)c1F. The number of sulfonamides is 1. The predicted molar refractivity (Wildman–Crippen MR) is 87.4 cm³/mol. The van der Waals surface area contributed by atoms with E-state index >= 15 is 0 Å². The Hall–Kier alpha value is -0.370. The van der Waals surface area contributed by atoms with Gasteiger partial charge in [0.25, 0.3) is 0 Å². The van der Waals surface area contributed by atoms with E-state index in [1.807, 2.05) is 0 Å². The lowest BCUT2D eigenvalue weighted by Crippen LogP contribution is -2.33. The summed E-state index contributed by atoms with van der Waals surface area (Å²) < 4.78 is 41.1. The van der Waals surface area contributed by atoms with Crippen LogP contribution < -0.4 is 10.5 Å². The van der Waals surface area contributed by atoms with Crippen LogP contribution in [-0.4, -0.2) is 14.5 Å². The number of halogens is 3. The summed E-state index contributed by atoms with van der Waals surface area (Å²) >= 11 is 8.86. The number of unbranched alkanes of at least 4 members (excludes halogenated alkanes) is 2. The monoisotopic (exact) mass is 400 g/mol. The van der Waals surface area contributed by atoms with Crippen molar-refractivity contribution in [2.45, 2.75) is 50.5 Å². The van der Waals surface area contributed by atoms with Crippen LogP contribution in [0, 0.1) is 5.82 Å². The minimum atomic E-state index is -4.00. The Morgan fingerprint density at radius 1 is 1.48 bits per heavy atom. The summed E-state index contributed by atoms with van der Waals surface area (Å²) in [5.41, 5.74) is 5.19. The van der Waals surface area contributed by atoms with E-state index in [1.54, 1.807) is 6.92 Å². The molecule has 0 aliphatic carbocycles. The zero-order valence-corrected chi connectivity index (χ0v) is 15.1. The maximum absolute atomic E-state index is 14.1. The zero-order valence-electron chi connectivity index (χ0n) is 11.9. The molecule has 21 heavy (non-hydrogen) atoms. The minimum Gasteiger partial charge on any atom is -0.395 e. The van der Waals surface area contributed by atoms with Crippen LogP contribution in [0.15, 0.2) is 15.4 Å². The molecule has 0 amide bonds. The van der Waals surface area contributed by atoms with Crippen LogP contribution in [-0.2, 0) is 10.0 Å². The van der Waals surface area contributed by atoms with Crippen LogP contribution in [0.3, 0.4) is 0 Å². The number of nitrogen functional groups attached to an aromatic ring is 1. The summed E-state index contributed by atoms with van der Waals surface area (Å²) in [7, 11) is -4.00. The maximum atomic E-state index is 14.1. The molecule has 0 spiro atoms. The van der Waals surface area contributed by atoms with Crippen LogP contribution in [0.1, 0.15) is 39.5 Å². The van der Waals surface area contributed by atoms with Gasteiger partial charge in [0.1, 0.15) is 4.90 Å². The van der Waals surface area contributed by atoms with Gasteiger partial charge in [0.05, 0.1) is 15.2 Å². The van der Waals surface area contributed by atoms with Crippen LogP contribution in [0.4, 0.5) is 10.1 Å². The lowest BCUT2D eigenvalue weighted by Gasteiger charge is -2.15. The average Bonchev–Trinajstić information content (AvgIpc) is 2.40. The zero-order chi connectivity index (χ0) is 16.2. The second-order valence-electron chi connectivity index (χ2n) is 4.92. The third-order valence-electron chi connectivity index (χ3n) is 3.04. The fourth-order valence-electron chi connectivity index (χ4n) is 1.88. The number of rotatable bonds is 7. The van der Waals surface area contributed by atoms with E-state index < -0.39 is 20.7 Å². The van der Waals surface area contributed by atoms with Crippen molar-refractivity contribution in [1.82, 2.24) is 4.72 Å². The molecule has 4 nitrogen and oxygen atoms in total. The van der Waals surface area contributed by atoms with Gasteiger partial charge in [0.2, 0.25) is 10.0 Å². The summed E-state index contributed by atoms with van der Waals surface area (Å²) in [6, 6.07) is 0.767.